The Hall–Kier alpha value is -1.69. The second kappa shape index (κ2) is 4.89. The second-order valence-electron chi connectivity index (χ2n) is 4.49. The SMILES string of the molecule is Cc1c(O)cccc1OCCC(C)(C)C#N. The first kappa shape index (κ1) is 12.4. The number of benzene rings is 1. The zero-order valence-corrected chi connectivity index (χ0v) is 9.95. The third kappa shape index (κ3) is 3.16. The Morgan fingerprint density at radius 1 is 1.44 bits per heavy atom. The molecule has 0 saturated heterocycles. The van der Waals surface area contributed by atoms with Crippen LogP contribution in [0.5, 0.6) is 11.5 Å². The van der Waals surface area contributed by atoms with E-state index in [0.29, 0.717) is 18.8 Å². The zero-order valence-electron chi connectivity index (χ0n) is 9.95. The first-order chi connectivity index (χ1) is 7.46. The number of phenols is 1. The minimum atomic E-state index is -0.370. The fraction of sp³-hybridized carbons (Fsp3) is 0.462. The molecule has 0 aliphatic carbocycles. The molecule has 1 aromatic carbocycles. The van der Waals surface area contributed by atoms with Crippen molar-refractivity contribution in [2.45, 2.75) is 27.2 Å². The van der Waals surface area contributed by atoms with Gasteiger partial charge in [0.05, 0.1) is 18.1 Å². The van der Waals surface area contributed by atoms with Gasteiger partial charge in [0.15, 0.2) is 0 Å². The van der Waals surface area contributed by atoms with Crippen molar-refractivity contribution in [1.29, 1.82) is 5.26 Å². The molecular weight excluding hydrogens is 202 g/mol. The molecule has 1 rings (SSSR count). The highest BCUT2D eigenvalue weighted by atomic mass is 16.5. The molecule has 0 radical (unpaired) electrons. The second-order valence-corrected chi connectivity index (χ2v) is 4.49. The summed E-state index contributed by atoms with van der Waals surface area (Å²) < 4.78 is 5.54. The summed E-state index contributed by atoms with van der Waals surface area (Å²) in [6.07, 6.45) is 0.665. The van der Waals surface area contributed by atoms with E-state index in [1.54, 1.807) is 19.1 Å². The molecule has 0 heterocycles. The third-order valence-corrected chi connectivity index (χ3v) is 2.54. The molecule has 1 aromatic rings. The number of hydrogen-bond donors (Lipinski definition) is 1. The number of rotatable bonds is 4. The van der Waals surface area contributed by atoms with Crippen LogP contribution in [0.15, 0.2) is 18.2 Å². The molecule has 16 heavy (non-hydrogen) atoms. The van der Waals surface area contributed by atoms with E-state index in [2.05, 4.69) is 6.07 Å². The number of hydrogen-bond acceptors (Lipinski definition) is 3. The predicted molar refractivity (Wildman–Crippen MR) is 62.3 cm³/mol. The number of aromatic hydroxyl groups is 1. The Morgan fingerprint density at radius 3 is 2.75 bits per heavy atom. The van der Waals surface area contributed by atoms with E-state index >= 15 is 0 Å². The number of nitriles is 1. The van der Waals surface area contributed by atoms with Crippen molar-refractivity contribution in [3.05, 3.63) is 23.8 Å². The fourth-order valence-corrected chi connectivity index (χ4v) is 1.23. The van der Waals surface area contributed by atoms with Crippen molar-refractivity contribution >= 4 is 0 Å². The highest BCUT2D eigenvalue weighted by Crippen LogP contribution is 2.27. The minimum Gasteiger partial charge on any atom is -0.508 e. The summed E-state index contributed by atoms with van der Waals surface area (Å²) in [5, 5.41) is 18.3. The van der Waals surface area contributed by atoms with Gasteiger partial charge in [-0.05, 0) is 39.3 Å². The summed E-state index contributed by atoms with van der Waals surface area (Å²) in [5.41, 5.74) is 0.363. The van der Waals surface area contributed by atoms with Gasteiger partial charge in [-0.25, -0.2) is 0 Å². The van der Waals surface area contributed by atoms with Gasteiger partial charge in [0.25, 0.3) is 0 Å². The fourth-order valence-electron chi connectivity index (χ4n) is 1.23. The Balaban J connectivity index is 2.57. The van der Waals surface area contributed by atoms with Crippen LogP contribution < -0.4 is 4.74 Å². The summed E-state index contributed by atoms with van der Waals surface area (Å²) in [6.45, 7) is 6.04. The van der Waals surface area contributed by atoms with Gasteiger partial charge in [0.1, 0.15) is 11.5 Å². The van der Waals surface area contributed by atoms with E-state index in [-0.39, 0.29) is 11.2 Å². The molecule has 0 aliphatic rings. The lowest BCUT2D eigenvalue weighted by Gasteiger charge is -2.16. The van der Waals surface area contributed by atoms with Crippen LogP contribution in [-0.4, -0.2) is 11.7 Å². The van der Waals surface area contributed by atoms with Crippen molar-refractivity contribution in [2.75, 3.05) is 6.61 Å². The molecule has 3 heteroatoms. The van der Waals surface area contributed by atoms with Crippen LogP contribution in [0.2, 0.25) is 0 Å². The molecule has 0 spiro atoms. The molecule has 0 bridgehead atoms. The average Bonchev–Trinajstić information content (AvgIpc) is 2.24. The number of phenolic OH excluding ortho intramolecular Hbond substituents is 1. The van der Waals surface area contributed by atoms with Crippen LogP contribution in [0.1, 0.15) is 25.8 Å². The molecule has 86 valence electrons. The normalized spacial score (nSPS) is 10.9. The van der Waals surface area contributed by atoms with Gasteiger partial charge >= 0.3 is 0 Å². The maximum absolute atomic E-state index is 9.47. The quantitative estimate of drug-likeness (QED) is 0.846. The molecular formula is C13H17NO2. The van der Waals surface area contributed by atoms with Crippen LogP contribution >= 0.6 is 0 Å². The van der Waals surface area contributed by atoms with Gasteiger partial charge in [-0.15, -0.1) is 0 Å². The number of ether oxygens (including phenoxy) is 1. The first-order valence-electron chi connectivity index (χ1n) is 5.29. The maximum Gasteiger partial charge on any atom is 0.125 e. The van der Waals surface area contributed by atoms with E-state index in [1.807, 2.05) is 19.9 Å². The third-order valence-electron chi connectivity index (χ3n) is 2.54. The van der Waals surface area contributed by atoms with Crippen LogP contribution in [0.25, 0.3) is 0 Å². The highest BCUT2D eigenvalue weighted by molar-refractivity contribution is 5.42. The summed E-state index contributed by atoms with van der Waals surface area (Å²) >= 11 is 0. The van der Waals surface area contributed by atoms with Crippen LogP contribution in [0.3, 0.4) is 0 Å². The average molecular weight is 219 g/mol. The van der Waals surface area contributed by atoms with Gasteiger partial charge < -0.3 is 9.84 Å². The summed E-state index contributed by atoms with van der Waals surface area (Å²) in [4.78, 5) is 0. The topological polar surface area (TPSA) is 53.2 Å². The standard InChI is InChI=1S/C13H17NO2/c1-10-11(15)5-4-6-12(10)16-8-7-13(2,3)9-14/h4-6,15H,7-8H2,1-3H3. The molecule has 3 nitrogen and oxygen atoms in total. The highest BCUT2D eigenvalue weighted by Gasteiger charge is 2.16. The lowest BCUT2D eigenvalue weighted by molar-refractivity contribution is 0.262. The van der Waals surface area contributed by atoms with Crippen LogP contribution in [-0.2, 0) is 0 Å². The van der Waals surface area contributed by atoms with Crippen molar-refractivity contribution in [3.8, 4) is 17.6 Å². The Morgan fingerprint density at radius 2 is 2.12 bits per heavy atom. The summed E-state index contributed by atoms with van der Waals surface area (Å²) in [5.74, 6) is 0.908. The molecule has 0 saturated carbocycles. The van der Waals surface area contributed by atoms with Crippen molar-refractivity contribution in [2.24, 2.45) is 5.41 Å². The van der Waals surface area contributed by atoms with Crippen LogP contribution in [0.4, 0.5) is 0 Å². The van der Waals surface area contributed by atoms with Crippen molar-refractivity contribution in [1.82, 2.24) is 0 Å². The number of nitrogens with zero attached hydrogens (tertiary/aromatic N) is 1. The van der Waals surface area contributed by atoms with Gasteiger partial charge in [-0.1, -0.05) is 6.07 Å². The maximum atomic E-state index is 9.47. The Labute approximate surface area is 96.3 Å². The van der Waals surface area contributed by atoms with E-state index in [9.17, 15) is 5.11 Å². The molecule has 0 unspecified atom stereocenters. The lowest BCUT2D eigenvalue weighted by atomic mass is 9.92. The van der Waals surface area contributed by atoms with E-state index < -0.39 is 0 Å². The van der Waals surface area contributed by atoms with Gasteiger partial charge in [0.2, 0.25) is 0 Å². The van der Waals surface area contributed by atoms with E-state index in [1.165, 1.54) is 0 Å². The first-order valence-corrected chi connectivity index (χ1v) is 5.29. The largest absolute Gasteiger partial charge is 0.508 e. The lowest BCUT2D eigenvalue weighted by Crippen LogP contribution is -2.13. The zero-order chi connectivity index (χ0) is 12.2. The summed E-state index contributed by atoms with van der Waals surface area (Å²) in [6, 6.07) is 7.41. The Kier molecular flexibility index (Phi) is 3.78. The van der Waals surface area contributed by atoms with E-state index in [4.69, 9.17) is 10.00 Å². The Bertz CT molecular complexity index is 405. The molecule has 1 N–H and O–H groups in total. The molecule has 0 fully saturated rings. The van der Waals surface area contributed by atoms with E-state index in [0.717, 1.165) is 5.56 Å². The minimum absolute atomic E-state index is 0.233. The van der Waals surface area contributed by atoms with Crippen molar-refractivity contribution in [3.63, 3.8) is 0 Å². The molecule has 0 amide bonds. The van der Waals surface area contributed by atoms with Gasteiger partial charge in [0, 0.05) is 5.56 Å². The van der Waals surface area contributed by atoms with Crippen LogP contribution in [0, 0.1) is 23.7 Å². The summed E-state index contributed by atoms with van der Waals surface area (Å²) in [7, 11) is 0. The predicted octanol–water partition coefficient (Wildman–Crippen LogP) is 3.02. The molecule has 0 aromatic heterocycles. The smallest absolute Gasteiger partial charge is 0.125 e. The molecule has 0 aliphatic heterocycles. The van der Waals surface area contributed by atoms with Gasteiger partial charge in [-0.3, -0.25) is 0 Å². The van der Waals surface area contributed by atoms with Gasteiger partial charge in [-0.2, -0.15) is 5.26 Å². The monoisotopic (exact) mass is 219 g/mol. The molecule has 0 atom stereocenters. The van der Waals surface area contributed by atoms with Crippen molar-refractivity contribution < 1.29 is 9.84 Å².